The highest BCUT2D eigenvalue weighted by Gasteiger charge is 1.99. The van der Waals surface area contributed by atoms with Crippen LogP contribution in [0.25, 0.3) is 0 Å². The van der Waals surface area contributed by atoms with E-state index in [0.717, 1.165) is 22.0 Å². The first kappa shape index (κ1) is 13.7. The molecule has 0 fully saturated rings. The number of benzene rings is 2. The van der Waals surface area contributed by atoms with Gasteiger partial charge in [0, 0.05) is 10.7 Å². The number of halogens is 1. The van der Waals surface area contributed by atoms with E-state index >= 15 is 0 Å². The van der Waals surface area contributed by atoms with Gasteiger partial charge in [0.15, 0.2) is 0 Å². The highest BCUT2D eigenvalue weighted by molar-refractivity contribution is 6.31. The van der Waals surface area contributed by atoms with Crippen molar-refractivity contribution in [3.05, 3.63) is 59.1 Å². The molecule has 2 aromatic carbocycles. The van der Waals surface area contributed by atoms with E-state index < -0.39 is 0 Å². The molecule has 3 nitrogen and oxygen atoms in total. The van der Waals surface area contributed by atoms with E-state index in [4.69, 9.17) is 26.8 Å². The number of rotatable bonds is 6. The number of nitrogens with two attached hydrogens (primary N) is 1. The summed E-state index contributed by atoms with van der Waals surface area (Å²) >= 11 is 6.02. The van der Waals surface area contributed by atoms with Crippen LogP contribution in [0.3, 0.4) is 0 Å². The average molecular weight is 278 g/mol. The van der Waals surface area contributed by atoms with Gasteiger partial charge in [0.2, 0.25) is 0 Å². The number of hydrogen-bond donors (Lipinski definition) is 1. The monoisotopic (exact) mass is 277 g/mol. The van der Waals surface area contributed by atoms with Crippen molar-refractivity contribution < 1.29 is 9.47 Å². The lowest BCUT2D eigenvalue weighted by molar-refractivity contribution is 0.0890. The third-order valence-electron chi connectivity index (χ3n) is 2.59. The molecule has 0 atom stereocenters. The molecule has 0 aliphatic rings. The van der Waals surface area contributed by atoms with Gasteiger partial charge in [-0.25, -0.2) is 0 Å². The topological polar surface area (TPSA) is 44.5 Å². The van der Waals surface area contributed by atoms with Gasteiger partial charge in [-0.3, -0.25) is 0 Å². The Bertz CT molecular complexity index is 514. The summed E-state index contributed by atoms with van der Waals surface area (Å²) in [6.07, 6.45) is 0. The third-order valence-corrected chi connectivity index (χ3v) is 2.96. The first-order valence-corrected chi connectivity index (χ1v) is 6.43. The van der Waals surface area contributed by atoms with Crippen molar-refractivity contribution in [2.24, 2.45) is 0 Å². The van der Waals surface area contributed by atoms with Crippen LogP contribution in [-0.4, -0.2) is 13.2 Å². The summed E-state index contributed by atoms with van der Waals surface area (Å²) in [7, 11) is 0. The van der Waals surface area contributed by atoms with Crippen molar-refractivity contribution in [3.8, 4) is 5.75 Å². The Hall–Kier alpha value is -1.71. The first-order valence-electron chi connectivity index (χ1n) is 6.05. The summed E-state index contributed by atoms with van der Waals surface area (Å²) in [5, 5.41) is 0.724. The Labute approximate surface area is 117 Å². The van der Waals surface area contributed by atoms with Crippen LogP contribution < -0.4 is 10.5 Å². The number of anilines is 1. The van der Waals surface area contributed by atoms with Crippen LogP contribution in [-0.2, 0) is 11.3 Å². The first-order chi connectivity index (χ1) is 9.25. The highest BCUT2D eigenvalue weighted by Crippen LogP contribution is 2.16. The predicted octanol–water partition coefficient (Wildman–Crippen LogP) is 3.52. The van der Waals surface area contributed by atoms with Crippen molar-refractivity contribution in [3.63, 3.8) is 0 Å². The Morgan fingerprint density at radius 3 is 2.42 bits per heavy atom. The minimum atomic E-state index is 0.491. The molecule has 0 radical (unpaired) electrons. The molecule has 0 aliphatic carbocycles. The zero-order valence-corrected chi connectivity index (χ0v) is 11.3. The molecule has 0 bridgehead atoms. The summed E-state index contributed by atoms with van der Waals surface area (Å²) in [4.78, 5) is 0. The van der Waals surface area contributed by atoms with E-state index in [2.05, 4.69) is 0 Å². The molecule has 0 saturated heterocycles. The molecule has 2 rings (SSSR count). The minimum Gasteiger partial charge on any atom is -0.491 e. The molecule has 100 valence electrons. The molecule has 0 aromatic heterocycles. The summed E-state index contributed by atoms with van der Waals surface area (Å²) < 4.78 is 11.0. The number of nitrogen functional groups attached to an aromatic ring is 1. The van der Waals surface area contributed by atoms with Crippen molar-refractivity contribution in [2.75, 3.05) is 18.9 Å². The lowest BCUT2D eigenvalue weighted by Gasteiger charge is -2.08. The normalized spacial score (nSPS) is 10.4. The van der Waals surface area contributed by atoms with E-state index in [1.165, 1.54) is 0 Å². The van der Waals surface area contributed by atoms with Gasteiger partial charge in [-0.1, -0.05) is 29.8 Å². The van der Waals surface area contributed by atoms with Crippen molar-refractivity contribution in [1.29, 1.82) is 0 Å². The lowest BCUT2D eigenvalue weighted by Crippen LogP contribution is -2.06. The Balaban J connectivity index is 1.67. The van der Waals surface area contributed by atoms with Gasteiger partial charge >= 0.3 is 0 Å². The summed E-state index contributed by atoms with van der Waals surface area (Å²) in [6.45, 7) is 1.49. The molecule has 0 amide bonds. The molecule has 2 N–H and O–H groups in total. The number of ether oxygens (including phenoxy) is 2. The van der Waals surface area contributed by atoms with Crippen LogP contribution >= 0.6 is 11.6 Å². The van der Waals surface area contributed by atoms with Crippen LogP contribution in [0, 0.1) is 0 Å². The van der Waals surface area contributed by atoms with Gasteiger partial charge < -0.3 is 15.2 Å². The fraction of sp³-hybridized carbons (Fsp3) is 0.200. The number of hydrogen-bond acceptors (Lipinski definition) is 3. The second-order valence-electron chi connectivity index (χ2n) is 4.06. The van der Waals surface area contributed by atoms with E-state index in [1.807, 2.05) is 36.4 Å². The fourth-order valence-electron chi connectivity index (χ4n) is 1.58. The Morgan fingerprint density at radius 1 is 0.947 bits per heavy atom. The average Bonchev–Trinajstić information content (AvgIpc) is 2.42. The zero-order valence-electron chi connectivity index (χ0n) is 10.5. The molecule has 0 saturated carbocycles. The van der Waals surface area contributed by atoms with Gasteiger partial charge in [0.25, 0.3) is 0 Å². The summed E-state index contributed by atoms with van der Waals surface area (Å²) in [6, 6.07) is 14.9. The molecule has 19 heavy (non-hydrogen) atoms. The molecule has 0 unspecified atom stereocenters. The third kappa shape index (κ3) is 4.47. The van der Waals surface area contributed by atoms with Gasteiger partial charge in [-0.2, -0.15) is 0 Å². The largest absolute Gasteiger partial charge is 0.491 e. The quantitative estimate of drug-likeness (QED) is 0.649. The van der Waals surface area contributed by atoms with Gasteiger partial charge in [-0.15, -0.1) is 0 Å². The molecule has 4 heteroatoms. The molecule has 0 heterocycles. The van der Waals surface area contributed by atoms with Crippen LogP contribution in [0.15, 0.2) is 48.5 Å². The van der Waals surface area contributed by atoms with Crippen LogP contribution in [0.2, 0.25) is 5.02 Å². The van der Waals surface area contributed by atoms with E-state index in [1.54, 1.807) is 12.1 Å². The van der Waals surface area contributed by atoms with Crippen LogP contribution in [0.5, 0.6) is 5.75 Å². The Kier molecular flexibility index (Phi) is 5.07. The van der Waals surface area contributed by atoms with Gasteiger partial charge in [0.1, 0.15) is 12.4 Å². The molecular formula is C15H16ClNO2. The summed E-state index contributed by atoms with van der Waals surface area (Å²) in [5.74, 6) is 0.788. The van der Waals surface area contributed by atoms with Crippen molar-refractivity contribution in [1.82, 2.24) is 0 Å². The smallest absolute Gasteiger partial charge is 0.119 e. The second-order valence-corrected chi connectivity index (χ2v) is 4.47. The van der Waals surface area contributed by atoms with E-state index in [0.29, 0.717) is 19.8 Å². The maximum atomic E-state index is 6.02. The maximum absolute atomic E-state index is 6.02. The second kappa shape index (κ2) is 7.02. The molecular weight excluding hydrogens is 262 g/mol. The zero-order chi connectivity index (χ0) is 13.5. The van der Waals surface area contributed by atoms with Crippen LogP contribution in [0.4, 0.5) is 5.69 Å². The highest BCUT2D eigenvalue weighted by atomic mass is 35.5. The van der Waals surface area contributed by atoms with Gasteiger partial charge in [-0.05, 0) is 35.9 Å². The SMILES string of the molecule is Nc1ccc(OCCOCc2ccccc2Cl)cc1. The standard InChI is InChI=1S/C15H16ClNO2/c16-15-4-2-1-3-12(15)11-18-9-10-19-14-7-5-13(17)6-8-14/h1-8H,9-11,17H2. The lowest BCUT2D eigenvalue weighted by atomic mass is 10.2. The van der Waals surface area contributed by atoms with Crippen molar-refractivity contribution >= 4 is 17.3 Å². The summed E-state index contributed by atoms with van der Waals surface area (Å²) in [5.41, 5.74) is 7.30. The van der Waals surface area contributed by atoms with Crippen molar-refractivity contribution in [2.45, 2.75) is 6.61 Å². The molecule has 2 aromatic rings. The maximum Gasteiger partial charge on any atom is 0.119 e. The predicted molar refractivity (Wildman–Crippen MR) is 77.5 cm³/mol. The fourth-order valence-corrected chi connectivity index (χ4v) is 1.77. The van der Waals surface area contributed by atoms with E-state index in [9.17, 15) is 0 Å². The van der Waals surface area contributed by atoms with E-state index in [-0.39, 0.29) is 0 Å². The van der Waals surface area contributed by atoms with Crippen LogP contribution in [0.1, 0.15) is 5.56 Å². The van der Waals surface area contributed by atoms with Gasteiger partial charge in [0.05, 0.1) is 13.2 Å². The molecule has 0 spiro atoms. The Morgan fingerprint density at radius 2 is 1.68 bits per heavy atom. The molecule has 0 aliphatic heterocycles. The minimum absolute atomic E-state index is 0.491.